The van der Waals surface area contributed by atoms with Crippen molar-refractivity contribution in [1.29, 1.82) is 0 Å². The van der Waals surface area contributed by atoms with Gasteiger partial charge in [-0.25, -0.2) is 9.37 Å². The van der Waals surface area contributed by atoms with Crippen LogP contribution in [0.25, 0.3) is 21.9 Å². The number of nitrogens with one attached hydrogen (secondary N) is 1. The number of aliphatic hydroxyl groups is 1. The van der Waals surface area contributed by atoms with Gasteiger partial charge in [-0.3, -0.25) is 9.78 Å². The highest BCUT2D eigenvalue weighted by Gasteiger charge is 2.39. The van der Waals surface area contributed by atoms with Crippen molar-refractivity contribution in [2.45, 2.75) is 39.5 Å². The third kappa shape index (κ3) is 4.49. The van der Waals surface area contributed by atoms with Crippen molar-refractivity contribution in [1.82, 2.24) is 9.97 Å². The van der Waals surface area contributed by atoms with Crippen LogP contribution in [0, 0.1) is 18.8 Å². The van der Waals surface area contributed by atoms with Crippen molar-refractivity contribution in [3.63, 3.8) is 0 Å². The first kappa shape index (κ1) is 21.1. The number of carbonyl (C=O) groups is 1. The summed E-state index contributed by atoms with van der Waals surface area (Å²) >= 11 is 0. The Kier molecular flexibility index (Phi) is 5.83. The number of hydrogen-bond donors (Lipinski definition) is 2. The molecule has 1 fully saturated rings. The number of benzene rings is 1. The second-order valence-electron chi connectivity index (χ2n) is 8.28. The summed E-state index contributed by atoms with van der Waals surface area (Å²) in [5.41, 5.74) is 3.06. The van der Waals surface area contributed by atoms with Crippen molar-refractivity contribution in [3.8, 4) is 11.1 Å². The van der Waals surface area contributed by atoms with Crippen molar-refractivity contribution >= 4 is 22.5 Å². The van der Waals surface area contributed by atoms with E-state index in [-0.39, 0.29) is 11.8 Å². The maximum atomic E-state index is 14.0. The Hall–Kier alpha value is -3.12. The average molecular weight is 420 g/mol. The van der Waals surface area contributed by atoms with Crippen molar-refractivity contribution in [2.75, 3.05) is 5.32 Å². The Labute approximate surface area is 181 Å². The van der Waals surface area contributed by atoms with Gasteiger partial charge in [0, 0.05) is 29.3 Å². The number of fused-ring (bicyclic) bond motifs is 1. The third-order valence-corrected chi connectivity index (χ3v) is 5.84. The van der Waals surface area contributed by atoms with E-state index in [0.29, 0.717) is 17.4 Å². The minimum Gasteiger partial charge on any atom is -0.383 e. The smallest absolute Gasteiger partial charge is 0.228 e. The van der Waals surface area contributed by atoms with Gasteiger partial charge in [0.1, 0.15) is 18.1 Å². The second-order valence-corrected chi connectivity index (χ2v) is 8.28. The molecular weight excluding hydrogens is 393 g/mol. The van der Waals surface area contributed by atoms with Crippen LogP contribution in [0.5, 0.6) is 0 Å². The van der Waals surface area contributed by atoms with Gasteiger partial charge in [0.2, 0.25) is 5.91 Å². The van der Waals surface area contributed by atoms with Crippen LogP contribution in [0.3, 0.4) is 0 Å². The Morgan fingerprint density at radius 3 is 2.68 bits per heavy atom. The van der Waals surface area contributed by atoms with Crippen molar-refractivity contribution in [3.05, 3.63) is 66.1 Å². The summed E-state index contributed by atoms with van der Waals surface area (Å²) in [6.45, 7) is 5.69. The summed E-state index contributed by atoms with van der Waals surface area (Å²) < 4.78 is 14.0. The molecule has 4 rings (SSSR count). The van der Waals surface area contributed by atoms with E-state index in [2.05, 4.69) is 22.2 Å². The second kappa shape index (κ2) is 8.55. The number of carbonyl (C=O) groups excluding carboxylic acids is 1. The zero-order valence-electron chi connectivity index (χ0n) is 17.8. The molecule has 0 aliphatic heterocycles. The Balaban J connectivity index is 1.56. The SMILES string of the molecule is CC=CC(F)C(O)c1cc(C)c(-c2ccc3cc(NC(=O)C4CC4C)ncc3c2)cn1. The molecule has 2 aromatic heterocycles. The molecular formula is C25H26FN3O2. The average Bonchev–Trinajstić information content (AvgIpc) is 3.49. The molecule has 3 aromatic rings. The first-order valence-corrected chi connectivity index (χ1v) is 10.5. The highest BCUT2D eigenvalue weighted by molar-refractivity contribution is 5.96. The first-order valence-electron chi connectivity index (χ1n) is 10.5. The largest absolute Gasteiger partial charge is 0.383 e. The molecule has 1 aliphatic carbocycles. The van der Waals surface area contributed by atoms with Gasteiger partial charge in [-0.1, -0.05) is 31.2 Å². The monoisotopic (exact) mass is 419 g/mol. The number of rotatable bonds is 6. The molecule has 1 amide bonds. The fourth-order valence-electron chi connectivity index (χ4n) is 3.78. The number of aryl methyl sites for hydroxylation is 1. The van der Waals surface area contributed by atoms with E-state index < -0.39 is 12.3 Å². The fraction of sp³-hybridized carbons (Fsp3) is 0.320. The van der Waals surface area contributed by atoms with Gasteiger partial charge in [0.25, 0.3) is 0 Å². The summed E-state index contributed by atoms with van der Waals surface area (Å²) in [5, 5.41) is 15.0. The van der Waals surface area contributed by atoms with Gasteiger partial charge in [-0.05, 0) is 60.9 Å². The molecule has 6 heteroatoms. The summed E-state index contributed by atoms with van der Waals surface area (Å²) in [6.07, 6.45) is 4.44. The topological polar surface area (TPSA) is 75.1 Å². The van der Waals surface area contributed by atoms with Crippen LogP contribution in [0.15, 0.2) is 54.9 Å². The molecule has 160 valence electrons. The molecule has 2 heterocycles. The Morgan fingerprint density at radius 2 is 2.00 bits per heavy atom. The van der Waals surface area contributed by atoms with Gasteiger partial charge in [-0.15, -0.1) is 0 Å². The van der Waals surface area contributed by atoms with E-state index in [4.69, 9.17) is 0 Å². The number of amides is 1. The number of aliphatic hydroxyl groups excluding tert-OH is 1. The van der Waals surface area contributed by atoms with Crippen LogP contribution < -0.4 is 5.32 Å². The number of alkyl halides is 1. The van der Waals surface area contributed by atoms with Crippen LogP contribution in [0.2, 0.25) is 0 Å². The lowest BCUT2D eigenvalue weighted by Gasteiger charge is -2.15. The van der Waals surface area contributed by atoms with Gasteiger partial charge in [-0.2, -0.15) is 0 Å². The van der Waals surface area contributed by atoms with Gasteiger partial charge in [0.05, 0.1) is 5.69 Å². The normalized spacial score (nSPS) is 20.0. The van der Waals surface area contributed by atoms with E-state index >= 15 is 0 Å². The molecule has 1 aromatic carbocycles. The fourth-order valence-corrected chi connectivity index (χ4v) is 3.78. The number of pyridine rings is 2. The van der Waals surface area contributed by atoms with E-state index in [1.165, 1.54) is 6.08 Å². The lowest BCUT2D eigenvalue weighted by Crippen LogP contribution is -2.15. The highest BCUT2D eigenvalue weighted by Crippen LogP contribution is 2.38. The quantitative estimate of drug-likeness (QED) is 0.542. The molecule has 1 aliphatic rings. The highest BCUT2D eigenvalue weighted by atomic mass is 19.1. The van der Waals surface area contributed by atoms with E-state index in [1.807, 2.05) is 31.2 Å². The Morgan fingerprint density at radius 1 is 1.23 bits per heavy atom. The zero-order chi connectivity index (χ0) is 22.1. The number of halogens is 1. The summed E-state index contributed by atoms with van der Waals surface area (Å²) in [6, 6.07) is 9.56. The zero-order valence-corrected chi connectivity index (χ0v) is 17.8. The predicted molar refractivity (Wildman–Crippen MR) is 120 cm³/mol. The molecule has 0 radical (unpaired) electrons. The van der Waals surface area contributed by atoms with Gasteiger partial charge in [0.15, 0.2) is 0 Å². The maximum absolute atomic E-state index is 14.0. The number of anilines is 1. The van der Waals surface area contributed by atoms with Crippen LogP contribution in [0.1, 0.15) is 37.6 Å². The van der Waals surface area contributed by atoms with Gasteiger partial charge >= 0.3 is 0 Å². The molecule has 5 nitrogen and oxygen atoms in total. The summed E-state index contributed by atoms with van der Waals surface area (Å²) in [5.74, 6) is 1.14. The van der Waals surface area contributed by atoms with E-state index in [1.54, 1.807) is 31.5 Å². The predicted octanol–water partition coefficient (Wildman–Crippen LogP) is 5.15. The number of hydrogen-bond acceptors (Lipinski definition) is 4. The van der Waals surface area contributed by atoms with Crippen LogP contribution in [-0.2, 0) is 4.79 Å². The number of nitrogens with zero attached hydrogens (tertiary/aromatic N) is 2. The first-order chi connectivity index (χ1) is 14.9. The summed E-state index contributed by atoms with van der Waals surface area (Å²) in [7, 11) is 0. The molecule has 0 saturated heterocycles. The molecule has 4 atom stereocenters. The van der Waals surface area contributed by atoms with Crippen LogP contribution >= 0.6 is 0 Å². The number of aromatic nitrogens is 2. The standard InChI is InChI=1S/C25H26FN3O2/c1-4-5-21(26)24(30)22-9-15(3)20(13-27-22)17-7-6-16-11-23(28-12-18(16)10-17)29-25(31)19-8-14(19)2/h4-7,9-14,19,21,24,30H,8H2,1-3H3,(H,28,29,31). The number of allylic oxidation sites excluding steroid dienone is 1. The molecule has 0 spiro atoms. The molecule has 31 heavy (non-hydrogen) atoms. The Bertz CT molecular complexity index is 1160. The lowest BCUT2D eigenvalue weighted by atomic mass is 9.98. The van der Waals surface area contributed by atoms with E-state index in [0.717, 1.165) is 33.9 Å². The van der Waals surface area contributed by atoms with Crippen molar-refractivity contribution in [2.24, 2.45) is 11.8 Å². The van der Waals surface area contributed by atoms with Gasteiger partial charge < -0.3 is 10.4 Å². The minimum absolute atomic E-state index is 0.0323. The molecule has 1 saturated carbocycles. The molecule has 4 unspecified atom stereocenters. The maximum Gasteiger partial charge on any atom is 0.228 e. The molecule has 2 N–H and O–H groups in total. The third-order valence-electron chi connectivity index (χ3n) is 5.84. The van der Waals surface area contributed by atoms with E-state index in [9.17, 15) is 14.3 Å². The van der Waals surface area contributed by atoms with Crippen molar-refractivity contribution < 1.29 is 14.3 Å². The lowest BCUT2D eigenvalue weighted by molar-refractivity contribution is -0.117. The minimum atomic E-state index is -1.49. The summed E-state index contributed by atoms with van der Waals surface area (Å²) in [4.78, 5) is 20.8. The molecule has 0 bridgehead atoms. The van der Waals surface area contributed by atoms with Crippen LogP contribution in [0.4, 0.5) is 10.2 Å². The van der Waals surface area contributed by atoms with Crippen LogP contribution in [-0.4, -0.2) is 27.2 Å².